The van der Waals surface area contributed by atoms with E-state index in [0.717, 1.165) is 0 Å². The number of benzene rings is 1. The van der Waals surface area contributed by atoms with Crippen LogP contribution >= 0.6 is 0 Å². The number of pyridine rings is 1. The highest BCUT2D eigenvalue weighted by molar-refractivity contribution is 7.91. The first-order valence-corrected chi connectivity index (χ1v) is 10.2. The molecule has 1 unspecified atom stereocenters. The highest BCUT2D eigenvalue weighted by atomic mass is 32.2. The molecule has 27 heavy (non-hydrogen) atoms. The first kappa shape index (κ1) is 18.8. The normalized spacial score (nSPS) is 17.9. The number of carbonyl (C=O) groups is 2. The minimum absolute atomic E-state index is 0.103. The van der Waals surface area contributed by atoms with E-state index in [1.165, 1.54) is 13.1 Å². The second-order valence-electron chi connectivity index (χ2n) is 6.39. The summed E-state index contributed by atoms with van der Waals surface area (Å²) in [5, 5.41) is 8.48. The molecule has 1 fully saturated rings. The van der Waals surface area contributed by atoms with Gasteiger partial charge in [-0.05, 0) is 42.8 Å². The van der Waals surface area contributed by atoms with Gasteiger partial charge in [-0.15, -0.1) is 0 Å². The number of anilines is 3. The Morgan fingerprint density at radius 1 is 1.04 bits per heavy atom. The molecule has 2 aromatic rings. The fourth-order valence-electron chi connectivity index (χ4n) is 2.77. The van der Waals surface area contributed by atoms with Crippen LogP contribution in [0, 0.1) is 0 Å². The summed E-state index contributed by atoms with van der Waals surface area (Å²) in [5.41, 5.74) is 1.62. The van der Waals surface area contributed by atoms with E-state index in [2.05, 4.69) is 20.9 Å². The predicted octanol–water partition coefficient (Wildman–Crippen LogP) is 1.89. The van der Waals surface area contributed by atoms with Gasteiger partial charge in [0.2, 0.25) is 5.91 Å². The molecule has 2 amide bonds. The zero-order valence-electron chi connectivity index (χ0n) is 14.7. The Kier molecular flexibility index (Phi) is 5.41. The van der Waals surface area contributed by atoms with E-state index >= 15 is 0 Å². The number of aromatic nitrogens is 1. The van der Waals surface area contributed by atoms with Crippen LogP contribution in [0.4, 0.5) is 17.2 Å². The number of rotatable bonds is 5. The van der Waals surface area contributed by atoms with Gasteiger partial charge in [-0.3, -0.25) is 9.59 Å². The third-order valence-corrected chi connectivity index (χ3v) is 5.84. The lowest BCUT2D eigenvalue weighted by Crippen LogP contribution is -2.21. The zero-order valence-corrected chi connectivity index (χ0v) is 15.5. The Morgan fingerprint density at radius 3 is 2.22 bits per heavy atom. The van der Waals surface area contributed by atoms with Crippen molar-refractivity contribution >= 4 is 38.8 Å². The molecule has 0 radical (unpaired) electrons. The number of carbonyl (C=O) groups excluding carboxylic acids is 2. The standard InChI is InChI=1S/C18H20N4O4S/c1-12(23)20-14-3-5-15(6-4-14)22-18(24)13-2-7-17(19-10-13)21-16-8-9-27(25,26)11-16/h2-7,10,16H,8-9,11H2,1H3,(H,19,21)(H,20,23)(H,22,24). The van der Waals surface area contributed by atoms with Crippen molar-refractivity contribution in [2.45, 2.75) is 19.4 Å². The van der Waals surface area contributed by atoms with Crippen molar-refractivity contribution < 1.29 is 18.0 Å². The molecule has 9 heteroatoms. The van der Waals surface area contributed by atoms with Crippen LogP contribution in [-0.2, 0) is 14.6 Å². The molecule has 1 aliphatic rings. The smallest absolute Gasteiger partial charge is 0.257 e. The van der Waals surface area contributed by atoms with E-state index < -0.39 is 9.84 Å². The van der Waals surface area contributed by atoms with Crippen LogP contribution in [0.25, 0.3) is 0 Å². The highest BCUT2D eigenvalue weighted by Crippen LogP contribution is 2.17. The van der Waals surface area contributed by atoms with Crippen molar-refractivity contribution in [3.8, 4) is 0 Å². The van der Waals surface area contributed by atoms with Gasteiger partial charge in [0.15, 0.2) is 9.84 Å². The van der Waals surface area contributed by atoms with Gasteiger partial charge in [0.05, 0.1) is 17.1 Å². The molecule has 0 aliphatic carbocycles. The number of hydrogen-bond donors (Lipinski definition) is 3. The first-order valence-electron chi connectivity index (χ1n) is 8.43. The van der Waals surface area contributed by atoms with Gasteiger partial charge in [0.1, 0.15) is 5.82 Å². The van der Waals surface area contributed by atoms with Crippen molar-refractivity contribution in [1.29, 1.82) is 0 Å². The Hall–Kier alpha value is -2.94. The molecule has 1 aromatic carbocycles. The monoisotopic (exact) mass is 388 g/mol. The molecule has 0 bridgehead atoms. The third kappa shape index (κ3) is 5.27. The number of hydrogen-bond acceptors (Lipinski definition) is 6. The van der Waals surface area contributed by atoms with Crippen molar-refractivity contribution in [2.75, 3.05) is 27.5 Å². The number of sulfone groups is 1. The summed E-state index contributed by atoms with van der Waals surface area (Å²) in [6.07, 6.45) is 1.99. The lowest BCUT2D eigenvalue weighted by Gasteiger charge is -2.12. The average molecular weight is 388 g/mol. The van der Waals surface area contributed by atoms with E-state index in [0.29, 0.717) is 29.2 Å². The summed E-state index contributed by atoms with van der Waals surface area (Å²) in [6.45, 7) is 1.42. The van der Waals surface area contributed by atoms with Crippen LogP contribution in [-0.4, -0.2) is 42.8 Å². The molecule has 0 spiro atoms. The molecule has 3 N–H and O–H groups in total. The summed E-state index contributed by atoms with van der Waals surface area (Å²) < 4.78 is 23.0. The second kappa shape index (κ2) is 7.75. The van der Waals surface area contributed by atoms with Crippen LogP contribution in [0.15, 0.2) is 42.6 Å². The molecule has 8 nitrogen and oxygen atoms in total. The largest absolute Gasteiger partial charge is 0.366 e. The Labute approximate surface area is 157 Å². The SMILES string of the molecule is CC(=O)Nc1ccc(NC(=O)c2ccc(NC3CCS(=O)(=O)C3)nc2)cc1. The molecule has 3 rings (SSSR count). The van der Waals surface area contributed by atoms with E-state index in [9.17, 15) is 18.0 Å². The molecule has 142 valence electrons. The summed E-state index contributed by atoms with van der Waals surface area (Å²) in [4.78, 5) is 27.5. The van der Waals surface area contributed by atoms with Gasteiger partial charge in [-0.2, -0.15) is 0 Å². The van der Waals surface area contributed by atoms with Crippen LogP contribution < -0.4 is 16.0 Å². The Bertz CT molecular complexity index is 940. The summed E-state index contributed by atoms with van der Waals surface area (Å²) in [5.74, 6) is 0.344. The molecular weight excluding hydrogens is 368 g/mol. The van der Waals surface area contributed by atoms with Gasteiger partial charge in [-0.25, -0.2) is 13.4 Å². The van der Waals surface area contributed by atoms with Crippen LogP contribution in [0.1, 0.15) is 23.7 Å². The predicted molar refractivity (Wildman–Crippen MR) is 104 cm³/mol. The lowest BCUT2D eigenvalue weighted by atomic mass is 10.2. The average Bonchev–Trinajstić information content (AvgIpc) is 2.95. The number of nitrogens with zero attached hydrogens (tertiary/aromatic N) is 1. The number of nitrogens with one attached hydrogen (secondary N) is 3. The molecule has 1 aliphatic heterocycles. The Morgan fingerprint density at radius 2 is 1.70 bits per heavy atom. The van der Waals surface area contributed by atoms with Gasteiger partial charge >= 0.3 is 0 Å². The maximum Gasteiger partial charge on any atom is 0.257 e. The molecule has 1 saturated heterocycles. The summed E-state index contributed by atoms with van der Waals surface area (Å²) in [6, 6.07) is 9.89. The van der Waals surface area contributed by atoms with Crippen molar-refractivity contribution in [1.82, 2.24) is 4.98 Å². The first-order chi connectivity index (χ1) is 12.8. The van der Waals surface area contributed by atoms with E-state index in [1.54, 1.807) is 36.4 Å². The van der Waals surface area contributed by atoms with E-state index in [-0.39, 0.29) is 29.4 Å². The van der Waals surface area contributed by atoms with Gasteiger partial charge in [-0.1, -0.05) is 0 Å². The van der Waals surface area contributed by atoms with Crippen LogP contribution in [0.3, 0.4) is 0 Å². The van der Waals surface area contributed by atoms with Crippen molar-refractivity contribution in [2.24, 2.45) is 0 Å². The quantitative estimate of drug-likeness (QED) is 0.720. The van der Waals surface area contributed by atoms with Crippen LogP contribution in [0.5, 0.6) is 0 Å². The molecular formula is C18H20N4O4S. The lowest BCUT2D eigenvalue weighted by molar-refractivity contribution is -0.114. The van der Waals surface area contributed by atoms with E-state index in [4.69, 9.17) is 0 Å². The van der Waals surface area contributed by atoms with E-state index in [1.807, 2.05) is 0 Å². The molecule has 0 saturated carbocycles. The van der Waals surface area contributed by atoms with Gasteiger partial charge < -0.3 is 16.0 Å². The maximum absolute atomic E-state index is 12.3. The Balaban J connectivity index is 1.58. The maximum atomic E-state index is 12.3. The summed E-state index contributed by atoms with van der Waals surface area (Å²) >= 11 is 0. The van der Waals surface area contributed by atoms with Gasteiger partial charge in [0, 0.05) is 30.5 Å². The summed E-state index contributed by atoms with van der Waals surface area (Å²) in [7, 11) is -2.96. The highest BCUT2D eigenvalue weighted by Gasteiger charge is 2.27. The van der Waals surface area contributed by atoms with Crippen molar-refractivity contribution in [3.63, 3.8) is 0 Å². The number of amides is 2. The fraction of sp³-hybridized carbons (Fsp3) is 0.278. The molecule has 1 atom stereocenters. The van der Waals surface area contributed by atoms with Crippen LogP contribution in [0.2, 0.25) is 0 Å². The zero-order chi connectivity index (χ0) is 19.4. The third-order valence-electron chi connectivity index (χ3n) is 4.07. The second-order valence-corrected chi connectivity index (χ2v) is 8.62. The minimum atomic E-state index is -2.96. The molecule has 2 heterocycles. The van der Waals surface area contributed by atoms with Gasteiger partial charge in [0.25, 0.3) is 5.91 Å². The topological polar surface area (TPSA) is 117 Å². The van der Waals surface area contributed by atoms with Crippen molar-refractivity contribution in [3.05, 3.63) is 48.2 Å². The molecule has 1 aromatic heterocycles. The fourth-order valence-corrected chi connectivity index (χ4v) is 4.45. The minimum Gasteiger partial charge on any atom is -0.366 e.